The molecule has 1 aromatic heterocycles. The van der Waals surface area contributed by atoms with Gasteiger partial charge in [-0.2, -0.15) is 0 Å². The average molecular weight is 385 g/mol. The molecule has 0 saturated heterocycles. The van der Waals surface area contributed by atoms with E-state index in [9.17, 15) is 13.2 Å². The molecule has 1 aliphatic heterocycles. The number of hydrogen-bond acceptors (Lipinski definition) is 5. The van der Waals surface area contributed by atoms with Gasteiger partial charge in [0.05, 0.1) is 29.8 Å². The number of benzene rings is 2. The quantitative estimate of drug-likeness (QED) is 0.716. The number of carbonyl (C=O) groups is 1. The van der Waals surface area contributed by atoms with Crippen LogP contribution in [-0.2, 0) is 21.2 Å². The summed E-state index contributed by atoms with van der Waals surface area (Å²) < 4.78 is 30.4. The minimum Gasteiger partial charge on any atom is -0.487 e. The molecule has 0 radical (unpaired) electrons. The number of fused-ring (bicyclic) bond motifs is 2. The van der Waals surface area contributed by atoms with Gasteiger partial charge in [-0.1, -0.05) is 18.2 Å². The maximum atomic E-state index is 12.3. The number of aromatic amines is 1. The topological polar surface area (TPSA) is 101 Å². The van der Waals surface area contributed by atoms with Crippen molar-refractivity contribution in [1.82, 2.24) is 15.3 Å². The number of imidazole rings is 1. The van der Waals surface area contributed by atoms with E-state index in [-0.39, 0.29) is 29.5 Å². The van der Waals surface area contributed by atoms with Crippen LogP contribution in [0.1, 0.15) is 17.8 Å². The van der Waals surface area contributed by atoms with Crippen LogP contribution in [0.3, 0.4) is 0 Å². The minimum atomic E-state index is -3.45. The lowest BCUT2D eigenvalue weighted by atomic mass is 10.2. The molecule has 0 bridgehead atoms. The van der Waals surface area contributed by atoms with Crippen molar-refractivity contribution >= 4 is 26.8 Å². The zero-order valence-electron chi connectivity index (χ0n) is 14.7. The molecular formula is C19H19N3O4S. The monoisotopic (exact) mass is 385 g/mol. The third-order valence-corrected chi connectivity index (χ3v) is 6.25. The molecule has 140 valence electrons. The molecule has 27 heavy (non-hydrogen) atoms. The number of H-pyrrole nitrogens is 1. The van der Waals surface area contributed by atoms with Gasteiger partial charge in [0.15, 0.2) is 9.84 Å². The van der Waals surface area contributed by atoms with Crippen LogP contribution in [-0.4, -0.2) is 36.1 Å². The third kappa shape index (κ3) is 3.66. The van der Waals surface area contributed by atoms with E-state index in [0.717, 1.165) is 16.6 Å². The molecule has 1 amide bonds. The number of para-hydroxylation sites is 1. The van der Waals surface area contributed by atoms with Crippen molar-refractivity contribution in [3.63, 3.8) is 0 Å². The Morgan fingerprint density at radius 2 is 2.11 bits per heavy atom. The van der Waals surface area contributed by atoms with Gasteiger partial charge in [-0.15, -0.1) is 0 Å². The molecule has 2 aromatic carbocycles. The maximum absolute atomic E-state index is 12.3. The van der Waals surface area contributed by atoms with Crippen molar-refractivity contribution < 1.29 is 17.9 Å². The fourth-order valence-corrected chi connectivity index (χ4v) is 4.74. The van der Waals surface area contributed by atoms with E-state index in [0.29, 0.717) is 11.6 Å². The number of hydrogen-bond donors (Lipinski definition) is 2. The first kappa shape index (κ1) is 17.5. The number of nitrogens with zero attached hydrogens (tertiary/aromatic N) is 1. The van der Waals surface area contributed by atoms with E-state index >= 15 is 0 Å². The van der Waals surface area contributed by atoms with Gasteiger partial charge < -0.3 is 15.0 Å². The van der Waals surface area contributed by atoms with Gasteiger partial charge in [0, 0.05) is 0 Å². The van der Waals surface area contributed by atoms with Crippen LogP contribution in [0.5, 0.6) is 5.75 Å². The Morgan fingerprint density at radius 3 is 2.96 bits per heavy atom. The summed E-state index contributed by atoms with van der Waals surface area (Å²) in [5.41, 5.74) is 2.87. The van der Waals surface area contributed by atoms with Gasteiger partial charge in [0.1, 0.15) is 22.6 Å². The second-order valence-corrected chi connectivity index (χ2v) is 8.66. The molecule has 1 atom stereocenters. The number of aryl methyl sites for hydroxylation is 1. The average Bonchev–Trinajstić information content (AvgIpc) is 3.01. The molecule has 2 heterocycles. The standard InChI is InChI=1S/C19H19N3O4S/c1-12-6-7-14-15(8-12)22-18(21-14)10-20-19(23)9-13-11-27(24,25)17-5-3-2-4-16(17)26-13/h2-8,13H,9-11H2,1H3,(H,20,23)(H,21,22). The largest absolute Gasteiger partial charge is 0.487 e. The van der Waals surface area contributed by atoms with E-state index < -0.39 is 15.9 Å². The molecule has 0 aliphatic carbocycles. The number of aromatic nitrogens is 2. The Labute approximate surface area is 156 Å². The lowest BCUT2D eigenvalue weighted by Gasteiger charge is -2.25. The molecule has 1 unspecified atom stereocenters. The van der Waals surface area contributed by atoms with Crippen LogP contribution in [0, 0.1) is 6.92 Å². The van der Waals surface area contributed by atoms with Crippen molar-refractivity contribution in [2.45, 2.75) is 30.9 Å². The molecule has 0 fully saturated rings. The number of amides is 1. The summed E-state index contributed by atoms with van der Waals surface area (Å²) in [5.74, 6) is 0.452. The Hall–Kier alpha value is -2.87. The smallest absolute Gasteiger partial charge is 0.224 e. The second-order valence-electron chi connectivity index (χ2n) is 6.65. The van der Waals surface area contributed by atoms with Gasteiger partial charge in [-0.25, -0.2) is 13.4 Å². The molecular weight excluding hydrogens is 366 g/mol. The van der Waals surface area contributed by atoms with E-state index in [4.69, 9.17) is 4.74 Å². The summed E-state index contributed by atoms with van der Waals surface area (Å²) in [5, 5.41) is 2.77. The predicted octanol–water partition coefficient (Wildman–Crippen LogP) is 2.11. The molecule has 0 spiro atoms. The SMILES string of the molecule is Cc1ccc2nc(CNC(=O)CC3CS(=O)(=O)c4ccccc4O3)[nH]c2c1. The van der Waals surface area contributed by atoms with Crippen LogP contribution >= 0.6 is 0 Å². The summed E-state index contributed by atoms with van der Waals surface area (Å²) in [4.78, 5) is 20.0. The van der Waals surface area contributed by atoms with Crippen LogP contribution in [0.2, 0.25) is 0 Å². The summed E-state index contributed by atoms with van der Waals surface area (Å²) in [6.07, 6.45) is -0.740. The summed E-state index contributed by atoms with van der Waals surface area (Å²) in [6.45, 7) is 2.24. The molecule has 0 saturated carbocycles. The number of ether oxygens (including phenoxy) is 1. The highest BCUT2D eigenvalue weighted by molar-refractivity contribution is 7.91. The molecule has 7 nitrogen and oxygen atoms in total. The molecule has 2 N–H and O–H groups in total. The number of nitrogens with one attached hydrogen (secondary N) is 2. The van der Waals surface area contributed by atoms with Crippen LogP contribution in [0.4, 0.5) is 0 Å². The minimum absolute atomic E-state index is 0.0348. The van der Waals surface area contributed by atoms with Gasteiger partial charge in [-0.3, -0.25) is 4.79 Å². The Morgan fingerprint density at radius 1 is 1.30 bits per heavy atom. The van der Waals surface area contributed by atoms with Crippen LogP contribution in [0.15, 0.2) is 47.4 Å². The predicted molar refractivity (Wildman–Crippen MR) is 100 cm³/mol. The van der Waals surface area contributed by atoms with E-state index in [1.807, 2.05) is 25.1 Å². The van der Waals surface area contributed by atoms with Gasteiger partial charge >= 0.3 is 0 Å². The van der Waals surface area contributed by atoms with Crippen molar-refractivity contribution in [3.05, 3.63) is 53.9 Å². The van der Waals surface area contributed by atoms with Crippen molar-refractivity contribution in [3.8, 4) is 5.75 Å². The van der Waals surface area contributed by atoms with Crippen molar-refractivity contribution in [2.24, 2.45) is 0 Å². The number of carbonyl (C=O) groups excluding carboxylic acids is 1. The van der Waals surface area contributed by atoms with Crippen molar-refractivity contribution in [2.75, 3.05) is 5.75 Å². The maximum Gasteiger partial charge on any atom is 0.224 e. The number of rotatable bonds is 4. The number of sulfone groups is 1. The zero-order chi connectivity index (χ0) is 19.0. The van der Waals surface area contributed by atoms with Gasteiger partial charge in [-0.05, 0) is 36.8 Å². The highest BCUT2D eigenvalue weighted by Crippen LogP contribution is 2.31. The lowest BCUT2D eigenvalue weighted by molar-refractivity contribution is -0.122. The zero-order valence-corrected chi connectivity index (χ0v) is 15.5. The lowest BCUT2D eigenvalue weighted by Crippen LogP contribution is -2.37. The first-order valence-electron chi connectivity index (χ1n) is 8.61. The van der Waals surface area contributed by atoms with E-state index in [1.165, 1.54) is 6.07 Å². The molecule has 4 rings (SSSR count). The third-order valence-electron chi connectivity index (χ3n) is 4.44. The second kappa shape index (κ2) is 6.70. The highest BCUT2D eigenvalue weighted by Gasteiger charge is 2.32. The molecule has 3 aromatic rings. The summed E-state index contributed by atoms with van der Waals surface area (Å²) in [7, 11) is -3.45. The highest BCUT2D eigenvalue weighted by atomic mass is 32.2. The first-order chi connectivity index (χ1) is 12.9. The van der Waals surface area contributed by atoms with Gasteiger partial charge in [0.25, 0.3) is 0 Å². The summed E-state index contributed by atoms with van der Waals surface area (Å²) >= 11 is 0. The summed E-state index contributed by atoms with van der Waals surface area (Å²) in [6, 6.07) is 12.4. The first-order valence-corrected chi connectivity index (χ1v) is 10.3. The fourth-order valence-electron chi connectivity index (χ4n) is 3.17. The van der Waals surface area contributed by atoms with E-state index in [1.54, 1.807) is 18.2 Å². The van der Waals surface area contributed by atoms with Crippen molar-refractivity contribution in [1.29, 1.82) is 0 Å². The molecule has 1 aliphatic rings. The molecule has 8 heteroatoms. The van der Waals surface area contributed by atoms with Crippen LogP contribution in [0.25, 0.3) is 11.0 Å². The Bertz CT molecular complexity index is 1120. The fraction of sp³-hybridized carbons (Fsp3) is 0.263. The van der Waals surface area contributed by atoms with Gasteiger partial charge in [0.2, 0.25) is 5.91 Å². The van der Waals surface area contributed by atoms with E-state index in [2.05, 4.69) is 15.3 Å². The Kier molecular flexibility index (Phi) is 4.35. The normalized spacial score (nSPS) is 17.9. The Balaban J connectivity index is 1.39. The van der Waals surface area contributed by atoms with Crippen LogP contribution < -0.4 is 10.1 Å².